The molecular formula is C40H44N4O13S. The minimum absolute atomic E-state index is 0.0136. The summed E-state index contributed by atoms with van der Waals surface area (Å²) in [5.41, 5.74) is 2.41. The Bertz CT molecular complexity index is 2180. The Morgan fingerprint density at radius 1 is 0.776 bits per heavy atom. The topological polar surface area (TPSA) is 246 Å². The molecule has 17 nitrogen and oxygen atoms in total. The van der Waals surface area contributed by atoms with Crippen LogP contribution in [0.25, 0.3) is 0 Å². The predicted octanol–water partition coefficient (Wildman–Crippen LogP) is 2.45. The Balaban J connectivity index is 0.996. The zero-order chi connectivity index (χ0) is 41.6. The lowest BCUT2D eigenvalue weighted by Gasteiger charge is -2.37. The second-order valence-electron chi connectivity index (χ2n) is 14.4. The SMILES string of the molecule is O=C(CCCC(=O)ON1C(=O)CCC1=O)NCCCN(CCCNC(=O)c1ccc2c(c1)C(=O)OC21c2ccc(O)cc2Cc2cc(O)ccc21)CCCS(=O)(=O)O. The lowest BCUT2D eigenvalue weighted by molar-refractivity contribution is -0.197. The maximum Gasteiger partial charge on any atom is 0.340 e. The van der Waals surface area contributed by atoms with Crippen LogP contribution in [0, 0.1) is 0 Å². The number of carbonyl (C=O) groups excluding carboxylic acids is 6. The number of nitrogens with zero attached hydrogens (tertiary/aromatic N) is 2. The summed E-state index contributed by atoms with van der Waals surface area (Å²) in [6.07, 6.45) is 1.49. The van der Waals surface area contributed by atoms with Gasteiger partial charge in [0.05, 0.1) is 11.3 Å². The third-order valence-corrected chi connectivity index (χ3v) is 11.0. The molecule has 1 aliphatic carbocycles. The van der Waals surface area contributed by atoms with Crippen LogP contribution in [0.2, 0.25) is 0 Å². The van der Waals surface area contributed by atoms with Gasteiger partial charge in [-0.15, -0.1) is 5.06 Å². The van der Waals surface area contributed by atoms with E-state index in [9.17, 15) is 52.0 Å². The molecule has 0 unspecified atom stereocenters. The number of imide groups is 1. The Hall–Kier alpha value is -5.85. The zero-order valence-electron chi connectivity index (χ0n) is 31.5. The van der Waals surface area contributed by atoms with Crippen LogP contribution in [0.5, 0.6) is 11.5 Å². The molecule has 0 aromatic heterocycles. The largest absolute Gasteiger partial charge is 0.508 e. The van der Waals surface area contributed by atoms with Crippen LogP contribution >= 0.6 is 0 Å². The Kier molecular flexibility index (Phi) is 12.8. The number of carbonyl (C=O) groups is 6. The van der Waals surface area contributed by atoms with Crippen LogP contribution in [-0.4, -0.2) is 107 Å². The number of benzene rings is 3. The highest BCUT2D eigenvalue weighted by atomic mass is 32.2. The molecule has 2 heterocycles. The van der Waals surface area contributed by atoms with Crippen LogP contribution in [0.15, 0.2) is 54.6 Å². The van der Waals surface area contributed by atoms with Crippen molar-refractivity contribution in [2.75, 3.05) is 38.5 Å². The van der Waals surface area contributed by atoms with Gasteiger partial charge < -0.3 is 35.3 Å². The molecule has 6 rings (SSSR count). The zero-order valence-corrected chi connectivity index (χ0v) is 32.3. The number of esters is 1. The number of hydrogen-bond donors (Lipinski definition) is 5. The maximum absolute atomic E-state index is 13.5. The second kappa shape index (κ2) is 17.7. The van der Waals surface area contributed by atoms with Crippen molar-refractivity contribution in [2.45, 2.75) is 63.4 Å². The molecule has 0 bridgehead atoms. The molecule has 2 aliphatic heterocycles. The van der Waals surface area contributed by atoms with Gasteiger partial charge in [0, 0.05) is 61.0 Å². The molecule has 3 aromatic rings. The summed E-state index contributed by atoms with van der Waals surface area (Å²) < 4.78 is 38.0. The van der Waals surface area contributed by atoms with E-state index < -0.39 is 51.1 Å². The van der Waals surface area contributed by atoms with E-state index in [-0.39, 0.29) is 80.1 Å². The molecule has 0 atom stereocenters. The Morgan fingerprint density at radius 3 is 1.98 bits per heavy atom. The van der Waals surface area contributed by atoms with E-state index in [1.807, 2.05) is 4.90 Å². The first-order valence-electron chi connectivity index (χ1n) is 19.0. The lowest BCUT2D eigenvalue weighted by atomic mass is 9.71. The van der Waals surface area contributed by atoms with Crippen molar-refractivity contribution in [3.05, 3.63) is 93.5 Å². The quantitative estimate of drug-likeness (QED) is 0.0536. The van der Waals surface area contributed by atoms with Gasteiger partial charge in [0.15, 0.2) is 5.60 Å². The standard InChI is InChI=1S/C40H44N4O13S/c45-28-8-11-31-26(22-28)21-27-23-29(46)9-12-32(27)40(31)33-10-7-25(24-30(33)39(52)56-40)38(51)42-16-3-18-43(19-4-20-58(53,54)55)17-2-15-41-34(47)5-1-6-37(50)57-44-35(48)13-14-36(44)49/h7-12,22-24,45-46H,1-6,13-21H2,(H,41,47)(H,42,51)(H,53,54,55). The van der Waals surface area contributed by atoms with Gasteiger partial charge in [-0.2, -0.15) is 8.42 Å². The minimum atomic E-state index is -4.16. The van der Waals surface area contributed by atoms with Crippen LogP contribution in [0.3, 0.4) is 0 Å². The first kappa shape index (κ1) is 41.8. The summed E-state index contributed by atoms with van der Waals surface area (Å²) in [6, 6.07) is 14.4. The number of fused-ring (bicyclic) bond motifs is 6. The first-order chi connectivity index (χ1) is 27.6. The molecule has 18 heteroatoms. The van der Waals surface area contributed by atoms with E-state index >= 15 is 0 Å². The molecule has 0 radical (unpaired) electrons. The summed E-state index contributed by atoms with van der Waals surface area (Å²) in [5, 5.41) is 26.5. The van der Waals surface area contributed by atoms with Crippen LogP contribution in [0.4, 0.5) is 0 Å². The highest BCUT2D eigenvalue weighted by molar-refractivity contribution is 7.85. The van der Waals surface area contributed by atoms with Crippen molar-refractivity contribution in [3.63, 3.8) is 0 Å². The van der Waals surface area contributed by atoms with E-state index in [2.05, 4.69) is 10.6 Å². The van der Waals surface area contributed by atoms with Gasteiger partial charge in [0.2, 0.25) is 5.91 Å². The molecule has 4 amide bonds. The van der Waals surface area contributed by atoms with Crippen molar-refractivity contribution in [2.24, 2.45) is 0 Å². The van der Waals surface area contributed by atoms with Crippen LogP contribution in [-0.2, 0) is 50.9 Å². The van der Waals surface area contributed by atoms with E-state index in [1.165, 1.54) is 18.2 Å². The number of phenols is 2. The van der Waals surface area contributed by atoms with E-state index in [0.29, 0.717) is 60.7 Å². The van der Waals surface area contributed by atoms with Crippen LogP contribution in [0.1, 0.15) is 99.9 Å². The molecule has 0 saturated carbocycles. The van der Waals surface area contributed by atoms with E-state index in [0.717, 1.165) is 11.1 Å². The summed E-state index contributed by atoms with van der Waals surface area (Å²) in [5.74, 6) is -3.67. The third kappa shape index (κ3) is 9.63. The maximum atomic E-state index is 13.5. The molecule has 58 heavy (non-hydrogen) atoms. The number of ether oxygens (including phenoxy) is 1. The fraction of sp³-hybridized carbons (Fsp3) is 0.400. The predicted molar refractivity (Wildman–Crippen MR) is 204 cm³/mol. The van der Waals surface area contributed by atoms with E-state index in [1.54, 1.807) is 36.4 Å². The van der Waals surface area contributed by atoms with Crippen molar-refractivity contribution in [1.82, 2.24) is 20.6 Å². The van der Waals surface area contributed by atoms with Crippen molar-refractivity contribution >= 4 is 45.7 Å². The van der Waals surface area contributed by atoms with Gasteiger partial charge in [0.1, 0.15) is 11.5 Å². The van der Waals surface area contributed by atoms with Crippen molar-refractivity contribution < 1.29 is 61.5 Å². The molecule has 1 saturated heterocycles. The van der Waals surface area contributed by atoms with Crippen molar-refractivity contribution in [3.8, 4) is 11.5 Å². The number of hydrogen-bond acceptors (Lipinski definition) is 13. The summed E-state index contributed by atoms with van der Waals surface area (Å²) >= 11 is 0. The van der Waals surface area contributed by atoms with Crippen molar-refractivity contribution in [1.29, 1.82) is 0 Å². The summed E-state index contributed by atoms with van der Waals surface area (Å²) in [4.78, 5) is 80.9. The Labute approximate surface area is 334 Å². The average Bonchev–Trinajstić information content (AvgIpc) is 3.64. The first-order valence-corrected chi connectivity index (χ1v) is 20.6. The molecule has 1 fully saturated rings. The highest BCUT2D eigenvalue weighted by Crippen LogP contribution is 2.53. The van der Waals surface area contributed by atoms with Gasteiger partial charge in [-0.05, 0) is 99.3 Å². The van der Waals surface area contributed by atoms with E-state index in [4.69, 9.17) is 9.57 Å². The molecule has 308 valence electrons. The number of phenolic OH excluding ortho intramolecular Hbond substituents is 2. The highest BCUT2D eigenvalue weighted by Gasteiger charge is 2.52. The summed E-state index contributed by atoms with van der Waals surface area (Å²) in [7, 11) is -4.16. The number of hydroxylamine groups is 2. The van der Waals surface area contributed by atoms with Crippen LogP contribution < -0.4 is 10.6 Å². The molecule has 3 aromatic carbocycles. The molecule has 5 N–H and O–H groups in total. The summed E-state index contributed by atoms with van der Waals surface area (Å²) in [6.45, 7) is 1.77. The number of aromatic hydroxyl groups is 2. The van der Waals surface area contributed by atoms with Gasteiger partial charge in [-0.25, -0.2) is 9.59 Å². The number of nitrogens with one attached hydrogen (secondary N) is 2. The molecular weight excluding hydrogens is 777 g/mol. The smallest absolute Gasteiger partial charge is 0.340 e. The Morgan fingerprint density at radius 2 is 1.36 bits per heavy atom. The lowest BCUT2D eigenvalue weighted by Crippen LogP contribution is -2.35. The monoisotopic (exact) mass is 820 g/mol. The molecule has 1 spiro atoms. The van der Waals surface area contributed by atoms with Gasteiger partial charge in [0.25, 0.3) is 27.8 Å². The van der Waals surface area contributed by atoms with Gasteiger partial charge in [-0.1, -0.05) is 18.2 Å². The second-order valence-corrected chi connectivity index (χ2v) is 16.0. The fourth-order valence-electron chi connectivity index (χ4n) is 7.53. The molecule has 3 aliphatic rings. The minimum Gasteiger partial charge on any atom is -0.508 e. The fourth-order valence-corrected chi connectivity index (χ4v) is 8.02. The third-order valence-electron chi connectivity index (χ3n) is 10.2. The normalized spacial score (nSPS) is 15.2. The number of rotatable bonds is 18. The van der Waals surface area contributed by atoms with Gasteiger partial charge >= 0.3 is 11.9 Å². The average molecular weight is 821 g/mol. The van der Waals surface area contributed by atoms with Gasteiger partial charge in [-0.3, -0.25) is 23.7 Å². The number of amides is 4.